The molecule has 6 nitrogen and oxygen atoms in total. The van der Waals surface area contributed by atoms with E-state index in [0.717, 1.165) is 0 Å². The van der Waals surface area contributed by atoms with Gasteiger partial charge in [0.05, 0.1) is 0 Å². The van der Waals surface area contributed by atoms with E-state index in [1.165, 1.54) is 13.8 Å². The summed E-state index contributed by atoms with van der Waals surface area (Å²) in [5.41, 5.74) is 0. The van der Waals surface area contributed by atoms with E-state index >= 15 is 0 Å². The molecule has 0 aromatic carbocycles. The summed E-state index contributed by atoms with van der Waals surface area (Å²) in [4.78, 5) is 19.8. The summed E-state index contributed by atoms with van der Waals surface area (Å²) >= 11 is 0. The van der Waals surface area contributed by atoms with Gasteiger partial charge in [0.25, 0.3) is 0 Å². The molecule has 0 aliphatic carbocycles. The van der Waals surface area contributed by atoms with Crippen LogP contribution in [0.3, 0.4) is 0 Å². The average Bonchev–Trinajstić information content (AvgIpc) is 1.56. The number of amides is 2. The number of hydrogen-bond donors (Lipinski definition) is 4. The first kappa shape index (κ1) is 12.7. The number of carbonyl (C=O) groups is 2. The molecular weight excluding hydrogens is 153 g/mol. The summed E-state index contributed by atoms with van der Waals surface area (Å²) in [7, 11) is -2.17. The summed E-state index contributed by atoms with van der Waals surface area (Å²) in [5.74, 6) is -0.625. The van der Waals surface area contributed by atoms with E-state index in [2.05, 4.69) is 0 Å². The standard InChI is InChI=1S/C4H7NO2.BH3O3/c1-3(6)5-4(2)7;2-1(3)4/h1-2H3,(H,5,6,7);2-4H. The Morgan fingerprint density at radius 3 is 1.27 bits per heavy atom. The zero-order valence-electron chi connectivity index (χ0n) is 6.24. The second-order valence-electron chi connectivity index (χ2n) is 1.58. The van der Waals surface area contributed by atoms with E-state index in [1.54, 1.807) is 0 Å². The van der Waals surface area contributed by atoms with E-state index in [4.69, 9.17) is 15.1 Å². The molecule has 0 heterocycles. The third kappa shape index (κ3) is 47.9. The van der Waals surface area contributed by atoms with Crippen LogP contribution in [0.2, 0.25) is 0 Å². The van der Waals surface area contributed by atoms with E-state index in [9.17, 15) is 9.59 Å². The molecule has 0 aliphatic rings. The Balaban J connectivity index is 0. The van der Waals surface area contributed by atoms with Crippen LogP contribution in [0.5, 0.6) is 0 Å². The monoisotopic (exact) mass is 163 g/mol. The SMILES string of the molecule is CC(=O)NC(C)=O.OB(O)O. The van der Waals surface area contributed by atoms with Crippen molar-refractivity contribution in [3.8, 4) is 0 Å². The average molecular weight is 163 g/mol. The molecule has 64 valence electrons. The largest absolute Gasteiger partial charge is 0.631 e. The molecule has 0 saturated carbocycles. The Morgan fingerprint density at radius 1 is 1.09 bits per heavy atom. The van der Waals surface area contributed by atoms with E-state index in [0.29, 0.717) is 0 Å². The molecule has 2 amide bonds. The van der Waals surface area contributed by atoms with Gasteiger partial charge in [-0.25, -0.2) is 0 Å². The maximum absolute atomic E-state index is 9.92. The summed E-state index contributed by atoms with van der Waals surface area (Å²) in [6.45, 7) is 2.59. The van der Waals surface area contributed by atoms with Crippen LogP contribution in [0.15, 0.2) is 0 Å². The molecule has 7 heteroatoms. The Hall–Kier alpha value is -0.915. The van der Waals surface area contributed by atoms with Gasteiger partial charge in [-0.3, -0.25) is 14.9 Å². The zero-order chi connectivity index (χ0) is 9.44. The molecule has 0 aromatic heterocycles. The minimum absolute atomic E-state index is 0.312. The van der Waals surface area contributed by atoms with Crippen molar-refractivity contribution in [2.45, 2.75) is 13.8 Å². The van der Waals surface area contributed by atoms with E-state index in [1.807, 2.05) is 5.32 Å². The Morgan fingerprint density at radius 2 is 1.27 bits per heavy atom. The van der Waals surface area contributed by atoms with Crippen LogP contribution in [0.25, 0.3) is 0 Å². The van der Waals surface area contributed by atoms with Gasteiger partial charge in [0.1, 0.15) is 0 Å². The van der Waals surface area contributed by atoms with Crippen molar-refractivity contribution in [2.24, 2.45) is 0 Å². The van der Waals surface area contributed by atoms with E-state index < -0.39 is 7.32 Å². The molecule has 0 atom stereocenters. The molecule has 0 radical (unpaired) electrons. The molecule has 0 fully saturated rings. The summed E-state index contributed by atoms with van der Waals surface area (Å²) in [6.07, 6.45) is 0. The quantitative estimate of drug-likeness (QED) is 0.298. The first-order valence-corrected chi connectivity index (χ1v) is 2.68. The lowest BCUT2D eigenvalue weighted by Gasteiger charge is -1.88. The Labute approximate surface area is 64.0 Å². The fraction of sp³-hybridized carbons (Fsp3) is 0.500. The predicted molar refractivity (Wildman–Crippen MR) is 36.9 cm³/mol. The Kier molecular flexibility index (Phi) is 8.33. The van der Waals surface area contributed by atoms with Crippen LogP contribution in [0.4, 0.5) is 0 Å². The van der Waals surface area contributed by atoms with Crippen molar-refractivity contribution in [1.29, 1.82) is 0 Å². The normalized spacial score (nSPS) is 7.36. The number of carbonyl (C=O) groups excluding carboxylic acids is 2. The van der Waals surface area contributed by atoms with Crippen molar-refractivity contribution < 1.29 is 24.7 Å². The van der Waals surface area contributed by atoms with Gasteiger partial charge in [-0.1, -0.05) is 0 Å². The number of imide groups is 1. The second kappa shape index (κ2) is 7.20. The van der Waals surface area contributed by atoms with Crippen LogP contribution >= 0.6 is 0 Å². The van der Waals surface area contributed by atoms with Gasteiger partial charge >= 0.3 is 7.32 Å². The summed E-state index contributed by atoms with van der Waals surface area (Å²) in [5, 5.41) is 23.5. The van der Waals surface area contributed by atoms with Gasteiger partial charge in [0.2, 0.25) is 11.8 Å². The van der Waals surface area contributed by atoms with Gasteiger partial charge in [-0.15, -0.1) is 0 Å². The second-order valence-corrected chi connectivity index (χ2v) is 1.58. The Bertz CT molecular complexity index is 122. The smallest absolute Gasteiger partial charge is 0.402 e. The molecule has 11 heavy (non-hydrogen) atoms. The minimum atomic E-state index is -2.17. The molecule has 0 spiro atoms. The molecule has 0 unspecified atom stereocenters. The van der Waals surface area contributed by atoms with Crippen molar-refractivity contribution in [1.82, 2.24) is 5.32 Å². The maximum atomic E-state index is 9.92. The lowest BCUT2D eigenvalue weighted by molar-refractivity contribution is -0.127. The van der Waals surface area contributed by atoms with Crippen molar-refractivity contribution in [3.63, 3.8) is 0 Å². The third-order valence-corrected chi connectivity index (χ3v) is 0.352. The van der Waals surface area contributed by atoms with Gasteiger partial charge in [0.15, 0.2) is 0 Å². The topological polar surface area (TPSA) is 107 Å². The first-order chi connectivity index (χ1) is 4.86. The molecule has 4 N–H and O–H groups in total. The highest BCUT2D eigenvalue weighted by atomic mass is 16.5. The van der Waals surface area contributed by atoms with Crippen LogP contribution in [-0.2, 0) is 9.59 Å². The van der Waals surface area contributed by atoms with Gasteiger partial charge < -0.3 is 15.1 Å². The van der Waals surface area contributed by atoms with Crippen LogP contribution < -0.4 is 5.32 Å². The number of hydrogen-bond acceptors (Lipinski definition) is 5. The fourth-order valence-electron chi connectivity index (χ4n) is 0.248. The highest BCUT2D eigenvalue weighted by molar-refractivity contribution is 6.30. The molecular formula is C4H10BNO5. The van der Waals surface area contributed by atoms with Gasteiger partial charge in [-0.2, -0.15) is 0 Å². The number of nitrogens with one attached hydrogen (secondary N) is 1. The minimum Gasteiger partial charge on any atom is -0.402 e. The molecule has 0 rings (SSSR count). The molecule has 0 aromatic rings. The van der Waals surface area contributed by atoms with Gasteiger partial charge in [0, 0.05) is 13.8 Å². The van der Waals surface area contributed by atoms with Crippen LogP contribution in [0.1, 0.15) is 13.8 Å². The lowest BCUT2D eigenvalue weighted by Crippen LogP contribution is -2.24. The maximum Gasteiger partial charge on any atom is 0.631 e. The summed E-state index contributed by atoms with van der Waals surface area (Å²) < 4.78 is 0. The third-order valence-electron chi connectivity index (χ3n) is 0.352. The van der Waals surface area contributed by atoms with Crippen LogP contribution in [0, 0.1) is 0 Å². The molecule has 0 saturated heterocycles. The summed E-state index contributed by atoms with van der Waals surface area (Å²) in [6, 6.07) is 0. The lowest BCUT2D eigenvalue weighted by atomic mass is 10.3. The number of rotatable bonds is 0. The highest BCUT2D eigenvalue weighted by Crippen LogP contribution is 1.58. The van der Waals surface area contributed by atoms with E-state index in [-0.39, 0.29) is 11.8 Å². The zero-order valence-corrected chi connectivity index (χ0v) is 6.24. The molecule has 0 bridgehead atoms. The van der Waals surface area contributed by atoms with Crippen molar-refractivity contribution >= 4 is 19.1 Å². The highest BCUT2D eigenvalue weighted by Gasteiger charge is 1.92. The fourth-order valence-corrected chi connectivity index (χ4v) is 0.248. The van der Waals surface area contributed by atoms with Crippen molar-refractivity contribution in [3.05, 3.63) is 0 Å². The van der Waals surface area contributed by atoms with Crippen molar-refractivity contribution in [2.75, 3.05) is 0 Å². The van der Waals surface area contributed by atoms with Gasteiger partial charge in [-0.05, 0) is 0 Å². The predicted octanol–water partition coefficient (Wildman–Crippen LogP) is -2.38. The first-order valence-electron chi connectivity index (χ1n) is 2.68. The molecule has 0 aliphatic heterocycles. The van der Waals surface area contributed by atoms with Crippen LogP contribution in [-0.4, -0.2) is 34.2 Å².